The van der Waals surface area contributed by atoms with Crippen LogP contribution < -0.4 is 4.90 Å². The lowest BCUT2D eigenvalue weighted by Gasteiger charge is -2.42. The van der Waals surface area contributed by atoms with Crippen LogP contribution in [0.15, 0.2) is 77.8 Å². The van der Waals surface area contributed by atoms with Crippen LogP contribution in [0.4, 0.5) is 11.4 Å². The van der Waals surface area contributed by atoms with Gasteiger partial charge in [0, 0.05) is 53.9 Å². The third kappa shape index (κ3) is 5.71. The standard InChI is InChI=1S/C31H34ClN5O2/c1-20-18-37(21(2)17-35(20)3)19-28(38)36(4)25-13-11-24(12-14-25)33-30(22-8-6-5-7-9-22)29-26-15-10-23(32)16-27(26)34-31(29)39/h5-16,20-21,34,39H,17-19H2,1-4H3. The minimum absolute atomic E-state index is 0.0317. The number of likely N-dealkylation sites (N-methyl/N-ethyl adjacent to an activating group) is 2. The number of carbonyl (C=O) groups is 1. The summed E-state index contributed by atoms with van der Waals surface area (Å²) >= 11 is 6.18. The van der Waals surface area contributed by atoms with Crippen molar-refractivity contribution in [2.45, 2.75) is 25.9 Å². The van der Waals surface area contributed by atoms with Gasteiger partial charge in [0.25, 0.3) is 0 Å². The molecule has 1 aromatic heterocycles. The van der Waals surface area contributed by atoms with Crippen molar-refractivity contribution in [1.29, 1.82) is 0 Å². The van der Waals surface area contributed by atoms with Crippen molar-refractivity contribution < 1.29 is 9.90 Å². The molecule has 0 aliphatic carbocycles. The molecule has 0 spiro atoms. The molecule has 1 aliphatic rings. The van der Waals surface area contributed by atoms with Crippen LogP contribution in [-0.2, 0) is 4.79 Å². The van der Waals surface area contributed by atoms with E-state index in [4.69, 9.17) is 16.6 Å². The summed E-state index contributed by atoms with van der Waals surface area (Å²) in [5, 5.41) is 12.3. The van der Waals surface area contributed by atoms with Gasteiger partial charge in [0.2, 0.25) is 5.91 Å². The fourth-order valence-corrected chi connectivity index (χ4v) is 5.32. The Labute approximate surface area is 234 Å². The first kappa shape index (κ1) is 26.9. The predicted molar refractivity (Wildman–Crippen MR) is 160 cm³/mol. The highest BCUT2D eigenvalue weighted by atomic mass is 35.5. The number of piperazine rings is 1. The van der Waals surface area contributed by atoms with Crippen molar-refractivity contribution in [3.05, 3.63) is 88.9 Å². The number of H-pyrrole nitrogens is 1. The van der Waals surface area contributed by atoms with Crippen molar-refractivity contribution in [2.75, 3.05) is 38.6 Å². The van der Waals surface area contributed by atoms with E-state index in [9.17, 15) is 9.90 Å². The first-order valence-corrected chi connectivity index (χ1v) is 13.5. The Kier molecular flexibility index (Phi) is 7.75. The fraction of sp³-hybridized carbons (Fsp3) is 0.290. The van der Waals surface area contributed by atoms with Gasteiger partial charge in [-0.1, -0.05) is 48.0 Å². The number of rotatable bonds is 6. The van der Waals surface area contributed by atoms with E-state index in [0.717, 1.165) is 35.2 Å². The van der Waals surface area contributed by atoms with Gasteiger partial charge < -0.3 is 19.9 Å². The van der Waals surface area contributed by atoms with Crippen LogP contribution in [0.1, 0.15) is 25.0 Å². The Morgan fingerprint density at radius 1 is 1.05 bits per heavy atom. The molecular weight excluding hydrogens is 510 g/mol. The van der Waals surface area contributed by atoms with Crippen LogP contribution in [0.2, 0.25) is 5.02 Å². The topological polar surface area (TPSA) is 75.2 Å². The first-order valence-electron chi connectivity index (χ1n) is 13.2. The van der Waals surface area contributed by atoms with Crippen LogP contribution >= 0.6 is 11.6 Å². The van der Waals surface area contributed by atoms with Crippen LogP contribution in [0, 0.1) is 0 Å². The van der Waals surface area contributed by atoms with E-state index in [1.807, 2.05) is 67.7 Å². The summed E-state index contributed by atoms with van der Waals surface area (Å²) in [7, 11) is 3.95. The molecule has 3 aromatic carbocycles. The maximum atomic E-state index is 13.1. The highest BCUT2D eigenvalue weighted by Crippen LogP contribution is 2.33. The summed E-state index contributed by atoms with van der Waals surface area (Å²) in [4.78, 5) is 27.4. The predicted octanol–water partition coefficient (Wildman–Crippen LogP) is 5.68. The Balaban J connectivity index is 1.42. The zero-order chi connectivity index (χ0) is 27.7. The third-order valence-electron chi connectivity index (χ3n) is 7.64. The molecule has 2 unspecified atom stereocenters. The van der Waals surface area contributed by atoms with Gasteiger partial charge in [-0.3, -0.25) is 9.69 Å². The van der Waals surface area contributed by atoms with Gasteiger partial charge in [0.1, 0.15) is 0 Å². The average molecular weight is 544 g/mol. The van der Waals surface area contributed by atoms with E-state index in [2.05, 4.69) is 35.7 Å². The normalized spacial score (nSPS) is 18.9. The number of nitrogens with zero attached hydrogens (tertiary/aromatic N) is 4. The number of benzene rings is 3. The molecule has 5 rings (SSSR count). The molecule has 0 bridgehead atoms. The molecule has 0 radical (unpaired) electrons. The zero-order valence-corrected chi connectivity index (χ0v) is 23.5. The van der Waals surface area contributed by atoms with Gasteiger partial charge in [-0.15, -0.1) is 0 Å². The van der Waals surface area contributed by atoms with Crippen LogP contribution in [0.25, 0.3) is 10.9 Å². The Morgan fingerprint density at radius 2 is 1.77 bits per heavy atom. The SMILES string of the molecule is CC1CN(CC(=O)N(C)c2ccc(N=C(c3ccccc3)c3c(O)[nH]c4cc(Cl)ccc34)cc2)C(C)CN1C. The van der Waals surface area contributed by atoms with Crippen LogP contribution in [0.5, 0.6) is 5.88 Å². The smallest absolute Gasteiger partial charge is 0.240 e. The molecular formula is C31H34ClN5O2. The number of aromatic nitrogens is 1. The monoisotopic (exact) mass is 543 g/mol. The average Bonchev–Trinajstić information content (AvgIpc) is 3.25. The number of carbonyl (C=O) groups excluding carboxylic acids is 1. The zero-order valence-electron chi connectivity index (χ0n) is 22.7. The lowest BCUT2D eigenvalue weighted by atomic mass is 10.0. The minimum atomic E-state index is 0.0317. The van der Waals surface area contributed by atoms with E-state index in [1.165, 1.54) is 0 Å². The second kappa shape index (κ2) is 11.2. The molecule has 2 N–H and O–H groups in total. The van der Waals surface area contributed by atoms with Crippen molar-refractivity contribution in [2.24, 2.45) is 4.99 Å². The molecule has 1 amide bonds. The number of halogens is 1. The summed E-state index contributed by atoms with van der Waals surface area (Å²) in [6.45, 7) is 6.58. The molecule has 0 saturated carbocycles. The van der Waals surface area contributed by atoms with Gasteiger partial charge >= 0.3 is 0 Å². The summed E-state index contributed by atoms with van der Waals surface area (Å²) < 4.78 is 0. The van der Waals surface area contributed by atoms with Crippen LogP contribution in [0.3, 0.4) is 0 Å². The summed E-state index contributed by atoms with van der Waals surface area (Å²) in [5.41, 5.74) is 4.37. The van der Waals surface area contributed by atoms with Crippen molar-refractivity contribution >= 4 is 45.5 Å². The van der Waals surface area contributed by atoms with Crippen LogP contribution in [-0.4, -0.2) is 77.3 Å². The Bertz CT molecular complexity index is 1500. The number of hydrogen-bond donors (Lipinski definition) is 2. The molecule has 2 heterocycles. The highest BCUT2D eigenvalue weighted by molar-refractivity contribution is 6.31. The summed E-state index contributed by atoms with van der Waals surface area (Å²) in [6, 6.07) is 23.6. The Morgan fingerprint density at radius 3 is 2.49 bits per heavy atom. The third-order valence-corrected chi connectivity index (χ3v) is 7.88. The number of fused-ring (bicyclic) bond motifs is 1. The number of hydrogen-bond acceptors (Lipinski definition) is 5. The van der Waals surface area contributed by atoms with Gasteiger partial charge in [0.15, 0.2) is 5.88 Å². The van der Waals surface area contributed by atoms with E-state index >= 15 is 0 Å². The second-order valence-corrected chi connectivity index (χ2v) is 10.8. The van der Waals surface area contributed by atoms with Gasteiger partial charge in [-0.25, -0.2) is 4.99 Å². The number of amides is 1. The number of anilines is 1. The maximum Gasteiger partial charge on any atom is 0.240 e. The number of aromatic amines is 1. The Hall–Kier alpha value is -3.65. The van der Waals surface area contributed by atoms with E-state index in [0.29, 0.717) is 40.6 Å². The van der Waals surface area contributed by atoms with Gasteiger partial charge in [-0.2, -0.15) is 0 Å². The molecule has 8 heteroatoms. The quantitative estimate of drug-likeness (QED) is 0.307. The number of aliphatic imine (C=N–C) groups is 1. The molecule has 202 valence electrons. The molecule has 2 atom stereocenters. The van der Waals surface area contributed by atoms with Gasteiger partial charge in [0.05, 0.1) is 29.0 Å². The van der Waals surface area contributed by atoms with Crippen molar-refractivity contribution in [3.8, 4) is 5.88 Å². The second-order valence-electron chi connectivity index (χ2n) is 10.4. The highest BCUT2D eigenvalue weighted by Gasteiger charge is 2.29. The fourth-order valence-electron chi connectivity index (χ4n) is 5.15. The van der Waals surface area contributed by atoms with E-state index < -0.39 is 0 Å². The molecule has 39 heavy (non-hydrogen) atoms. The largest absolute Gasteiger partial charge is 0.494 e. The van der Waals surface area contributed by atoms with E-state index in [-0.39, 0.29) is 11.8 Å². The maximum absolute atomic E-state index is 13.1. The number of nitrogens with one attached hydrogen (secondary N) is 1. The minimum Gasteiger partial charge on any atom is -0.494 e. The van der Waals surface area contributed by atoms with Crippen molar-refractivity contribution in [3.63, 3.8) is 0 Å². The molecule has 7 nitrogen and oxygen atoms in total. The lowest BCUT2D eigenvalue weighted by Crippen LogP contribution is -2.57. The molecule has 4 aromatic rings. The van der Waals surface area contributed by atoms with Gasteiger partial charge in [-0.05, 0) is 57.3 Å². The molecule has 1 saturated heterocycles. The first-order chi connectivity index (χ1) is 18.7. The van der Waals surface area contributed by atoms with E-state index in [1.54, 1.807) is 17.0 Å². The number of aromatic hydroxyl groups is 1. The van der Waals surface area contributed by atoms with Crippen molar-refractivity contribution in [1.82, 2.24) is 14.8 Å². The summed E-state index contributed by atoms with van der Waals surface area (Å²) in [5.74, 6) is 0.0893. The molecule has 1 fully saturated rings. The lowest BCUT2D eigenvalue weighted by molar-refractivity contribution is -0.120. The molecule has 1 aliphatic heterocycles. The summed E-state index contributed by atoms with van der Waals surface area (Å²) in [6.07, 6.45) is 0.